The number of hydrogen-bond acceptors (Lipinski definition) is 4. The number of benzene rings is 3. The van der Waals surface area contributed by atoms with Crippen molar-refractivity contribution in [3.05, 3.63) is 102 Å². The highest BCUT2D eigenvalue weighted by Crippen LogP contribution is 2.17. The Morgan fingerprint density at radius 1 is 0.833 bits per heavy atom. The predicted octanol–water partition coefficient (Wildman–Crippen LogP) is 4.35. The first-order chi connectivity index (χ1) is 14.4. The Bertz CT molecular complexity index is 1070. The molecule has 3 aromatic carbocycles. The van der Waals surface area contributed by atoms with Gasteiger partial charge in [0.1, 0.15) is 6.10 Å². The average molecular weight is 424 g/mol. The number of rotatable bonds is 9. The van der Waals surface area contributed by atoms with Gasteiger partial charge in [-0.3, -0.25) is 4.79 Å². The van der Waals surface area contributed by atoms with Gasteiger partial charge >= 0.3 is 0 Å². The SMILES string of the molecule is CC(OCc1ccccc1)C(=O)Nc1cccc(CS(=O)(=O)Cc2ccccc2)c1. The summed E-state index contributed by atoms with van der Waals surface area (Å²) < 4.78 is 30.7. The minimum absolute atomic E-state index is 0.0191. The van der Waals surface area contributed by atoms with Gasteiger partial charge in [-0.2, -0.15) is 0 Å². The molecule has 0 radical (unpaired) electrons. The Hall–Kier alpha value is -2.96. The zero-order valence-electron chi connectivity index (χ0n) is 16.8. The van der Waals surface area contributed by atoms with Gasteiger partial charge in [-0.25, -0.2) is 8.42 Å². The van der Waals surface area contributed by atoms with Crippen molar-refractivity contribution in [2.24, 2.45) is 0 Å². The van der Waals surface area contributed by atoms with E-state index in [0.717, 1.165) is 11.1 Å². The Morgan fingerprint density at radius 2 is 1.40 bits per heavy atom. The van der Waals surface area contributed by atoms with Gasteiger partial charge in [0, 0.05) is 5.69 Å². The van der Waals surface area contributed by atoms with Gasteiger partial charge in [0.25, 0.3) is 5.91 Å². The monoisotopic (exact) mass is 423 g/mol. The lowest BCUT2D eigenvalue weighted by Crippen LogP contribution is -2.27. The summed E-state index contributed by atoms with van der Waals surface area (Å²) in [6.07, 6.45) is -0.643. The van der Waals surface area contributed by atoms with Crippen LogP contribution in [0.2, 0.25) is 0 Å². The van der Waals surface area contributed by atoms with Crippen molar-refractivity contribution in [1.29, 1.82) is 0 Å². The van der Waals surface area contributed by atoms with Crippen LogP contribution in [0, 0.1) is 0 Å². The van der Waals surface area contributed by atoms with Crippen LogP contribution in [0.3, 0.4) is 0 Å². The second-order valence-corrected chi connectivity index (χ2v) is 9.21. The topological polar surface area (TPSA) is 72.5 Å². The van der Waals surface area contributed by atoms with Gasteiger partial charge in [-0.1, -0.05) is 72.8 Å². The quantitative estimate of drug-likeness (QED) is 0.556. The molecule has 156 valence electrons. The fourth-order valence-electron chi connectivity index (χ4n) is 2.99. The van der Waals surface area contributed by atoms with E-state index in [1.165, 1.54) is 0 Å². The van der Waals surface area contributed by atoms with Crippen molar-refractivity contribution in [2.75, 3.05) is 5.32 Å². The van der Waals surface area contributed by atoms with Gasteiger partial charge in [0.15, 0.2) is 9.84 Å². The molecule has 0 bridgehead atoms. The Kier molecular flexibility index (Phi) is 7.38. The normalized spacial score (nSPS) is 12.3. The lowest BCUT2D eigenvalue weighted by molar-refractivity contribution is -0.127. The van der Waals surface area contributed by atoms with Crippen molar-refractivity contribution in [3.63, 3.8) is 0 Å². The molecule has 0 aliphatic rings. The van der Waals surface area contributed by atoms with Gasteiger partial charge < -0.3 is 10.1 Å². The van der Waals surface area contributed by atoms with Gasteiger partial charge in [0.2, 0.25) is 0 Å². The summed E-state index contributed by atoms with van der Waals surface area (Å²) >= 11 is 0. The van der Waals surface area contributed by atoms with Crippen molar-refractivity contribution >= 4 is 21.4 Å². The first-order valence-electron chi connectivity index (χ1n) is 9.71. The molecule has 0 aliphatic carbocycles. The third kappa shape index (κ3) is 6.83. The lowest BCUT2D eigenvalue weighted by Gasteiger charge is -2.14. The molecule has 5 nitrogen and oxygen atoms in total. The fraction of sp³-hybridized carbons (Fsp3) is 0.208. The second-order valence-electron chi connectivity index (χ2n) is 7.15. The van der Waals surface area contributed by atoms with Crippen LogP contribution in [0.1, 0.15) is 23.6 Å². The van der Waals surface area contributed by atoms with Crippen LogP contribution in [-0.4, -0.2) is 20.4 Å². The number of carbonyl (C=O) groups excluding carboxylic acids is 1. The number of ether oxygens (including phenoxy) is 1. The molecule has 1 atom stereocenters. The van der Waals surface area contributed by atoms with Crippen LogP contribution >= 0.6 is 0 Å². The van der Waals surface area contributed by atoms with Crippen molar-refractivity contribution in [2.45, 2.75) is 31.1 Å². The first kappa shape index (κ1) is 21.7. The molecule has 0 heterocycles. The Balaban J connectivity index is 1.57. The van der Waals surface area contributed by atoms with Crippen LogP contribution in [0.25, 0.3) is 0 Å². The maximum absolute atomic E-state index is 12.5. The molecule has 3 rings (SSSR count). The molecule has 1 amide bonds. The maximum atomic E-state index is 12.5. The van der Waals surface area contributed by atoms with E-state index in [0.29, 0.717) is 17.9 Å². The first-order valence-corrected chi connectivity index (χ1v) is 11.5. The van der Waals surface area contributed by atoms with Gasteiger partial charge in [0.05, 0.1) is 18.1 Å². The molecule has 1 N–H and O–H groups in total. The van der Waals surface area contributed by atoms with E-state index in [4.69, 9.17) is 4.74 Å². The molecule has 0 saturated heterocycles. The number of anilines is 1. The second kappa shape index (κ2) is 10.2. The van der Waals surface area contributed by atoms with Crippen LogP contribution in [0.15, 0.2) is 84.9 Å². The smallest absolute Gasteiger partial charge is 0.253 e. The van der Waals surface area contributed by atoms with Crippen LogP contribution < -0.4 is 5.32 Å². The van der Waals surface area contributed by atoms with E-state index in [-0.39, 0.29) is 17.4 Å². The molecule has 6 heteroatoms. The van der Waals surface area contributed by atoms with E-state index < -0.39 is 15.9 Å². The predicted molar refractivity (Wildman–Crippen MR) is 119 cm³/mol. The van der Waals surface area contributed by atoms with E-state index in [1.54, 1.807) is 43.3 Å². The molecule has 0 spiro atoms. The minimum Gasteiger partial charge on any atom is -0.364 e. The summed E-state index contributed by atoms with van der Waals surface area (Å²) in [6, 6.07) is 25.6. The summed E-state index contributed by atoms with van der Waals surface area (Å²) in [4.78, 5) is 12.4. The Labute approximate surface area is 177 Å². The summed E-state index contributed by atoms with van der Waals surface area (Å²) in [7, 11) is -3.33. The van der Waals surface area contributed by atoms with Crippen LogP contribution in [0.5, 0.6) is 0 Å². The lowest BCUT2D eigenvalue weighted by atomic mass is 10.2. The summed E-state index contributed by atoms with van der Waals surface area (Å²) in [5.74, 6) is -0.393. The van der Waals surface area contributed by atoms with Crippen LogP contribution in [-0.2, 0) is 37.5 Å². The summed E-state index contributed by atoms with van der Waals surface area (Å²) in [6.45, 7) is 2.03. The molecule has 3 aromatic rings. The molecular weight excluding hydrogens is 398 g/mol. The van der Waals surface area contributed by atoms with E-state index >= 15 is 0 Å². The molecule has 0 saturated carbocycles. The molecule has 0 fully saturated rings. The highest BCUT2D eigenvalue weighted by atomic mass is 32.2. The summed E-state index contributed by atoms with van der Waals surface area (Å²) in [5.41, 5.74) is 2.92. The maximum Gasteiger partial charge on any atom is 0.253 e. The molecule has 0 aliphatic heterocycles. The zero-order valence-corrected chi connectivity index (χ0v) is 17.6. The highest BCUT2D eigenvalue weighted by molar-refractivity contribution is 7.89. The molecular formula is C24H25NO4S. The Morgan fingerprint density at radius 3 is 2.07 bits per heavy atom. The minimum atomic E-state index is -3.33. The molecule has 0 aromatic heterocycles. The number of nitrogens with one attached hydrogen (secondary N) is 1. The summed E-state index contributed by atoms with van der Waals surface area (Å²) in [5, 5.41) is 2.80. The highest BCUT2D eigenvalue weighted by Gasteiger charge is 2.16. The molecule has 1 unspecified atom stereocenters. The number of sulfone groups is 1. The van der Waals surface area contributed by atoms with Crippen LogP contribution in [0.4, 0.5) is 5.69 Å². The van der Waals surface area contributed by atoms with Crippen molar-refractivity contribution < 1.29 is 17.9 Å². The van der Waals surface area contributed by atoms with Crippen molar-refractivity contribution in [1.82, 2.24) is 0 Å². The number of carbonyl (C=O) groups is 1. The van der Waals surface area contributed by atoms with E-state index in [9.17, 15) is 13.2 Å². The van der Waals surface area contributed by atoms with E-state index in [1.807, 2.05) is 48.5 Å². The van der Waals surface area contributed by atoms with Crippen molar-refractivity contribution in [3.8, 4) is 0 Å². The average Bonchev–Trinajstić information content (AvgIpc) is 2.73. The van der Waals surface area contributed by atoms with Gasteiger partial charge in [-0.05, 0) is 35.7 Å². The van der Waals surface area contributed by atoms with Gasteiger partial charge in [-0.15, -0.1) is 0 Å². The standard InChI is InChI=1S/C24H25NO4S/c1-19(29-16-20-9-4-2-5-10-20)24(26)25-23-14-8-13-22(15-23)18-30(27,28)17-21-11-6-3-7-12-21/h2-15,19H,16-18H2,1H3,(H,25,26). The number of amides is 1. The van der Waals surface area contributed by atoms with E-state index in [2.05, 4.69) is 5.32 Å². The number of hydrogen-bond donors (Lipinski definition) is 1. The molecule has 30 heavy (non-hydrogen) atoms. The zero-order chi connectivity index (χ0) is 21.4. The fourth-order valence-corrected chi connectivity index (χ4v) is 4.48. The third-order valence-electron chi connectivity index (χ3n) is 4.52. The third-order valence-corrected chi connectivity index (χ3v) is 6.07. The largest absolute Gasteiger partial charge is 0.364 e.